The number of likely N-dealkylation sites (tertiary alicyclic amines) is 1. The Morgan fingerprint density at radius 1 is 1.08 bits per heavy atom. The molecule has 3 N–H and O–H groups in total. The standard InChI is InChI=1S/C30H36ClN3O4S/c1-19-10-9-13-21(31)25(19)33-28(37)26-30-15-14-22(39-30)23(27(36)32-18-20-11-5-4-6-12-20)24(30)29(38)34(26)16-7-2-3-8-17-35/h4-6,9-13,22-24,26,35H,2-3,7-8,14-18H2,1H3,(H,32,36)(H,33,37)/t22-,23+,24-,26?,30?/m0/s1. The molecule has 3 fully saturated rings. The number of halogens is 1. The molecule has 9 heteroatoms. The Kier molecular flexibility index (Phi) is 8.55. The quantitative estimate of drug-likeness (QED) is 0.345. The predicted molar refractivity (Wildman–Crippen MR) is 154 cm³/mol. The monoisotopic (exact) mass is 569 g/mol. The van der Waals surface area contributed by atoms with Gasteiger partial charge in [0.05, 0.1) is 27.3 Å². The third-order valence-electron chi connectivity index (χ3n) is 8.44. The van der Waals surface area contributed by atoms with Gasteiger partial charge in [-0.2, -0.15) is 0 Å². The Bertz CT molecular complexity index is 1210. The maximum atomic E-state index is 14.1. The van der Waals surface area contributed by atoms with Gasteiger partial charge in [-0.3, -0.25) is 14.4 Å². The van der Waals surface area contributed by atoms with Gasteiger partial charge in [0.2, 0.25) is 17.7 Å². The number of aryl methyl sites for hydroxylation is 1. The zero-order valence-electron chi connectivity index (χ0n) is 22.2. The van der Waals surface area contributed by atoms with Crippen LogP contribution < -0.4 is 10.6 Å². The van der Waals surface area contributed by atoms with E-state index in [1.165, 1.54) is 0 Å². The highest BCUT2D eigenvalue weighted by molar-refractivity contribution is 8.02. The van der Waals surface area contributed by atoms with Crippen LogP contribution in [-0.2, 0) is 20.9 Å². The van der Waals surface area contributed by atoms with E-state index in [4.69, 9.17) is 16.7 Å². The lowest BCUT2D eigenvalue weighted by Crippen LogP contribution is -2.52. The molecule has 2 aromatic rings. The van der Waals surface area contributed by atoms with E-state index in [0.29, 0.717) is 23.8 Å². The Labute approximate surface area is 239 Å². The molecule has 39 heavy (non-hydrogen) atoms. The molecule has 5 atom stereocenters. The smallest absolute Gasteiger partial charge is 0.248 e. The number of hydrogen-bond donors (Lipinski definition) is 3. The average molecular weight is 570 g/mol. The molecule has 7 nitrogen and oxygen atoms in total. The summed E-state index contributed by atoms with van der Waals surface area (Å²) in [5.41, 5.74) is 2.42. The van der Waals surface area contributed by atoms with Crippen LogP contribution in [-0.4, -0.2) is 56.9 Å². The van der Waals surface area contributed by atoms with E-state index in [9.17, 15) is 14.4 Å². The van der Waals surface area contributed by atoms with Crippen molar-refractivity contribution in [2.24, 2.45) is 11.8 Å². The summed E-state index contributed by atoms with van der Waals surface area (Å²) in [6.45, 7) is 2.90. The second-order valence-electron chi connectivity index (χ2n) is 10.8. The lowest BCUT2D eigenvalue weighted by atomic mass is 9.70. The van der Waals surface area contributed by atoms with Gasteiger partial charge in [0.15, 0.2) is 0 Å². The van der Waals surface area contributed by atoms with Gasteiger partial charge in [-0.25, -0.2) is 0 Å². The molecule has 0 aromatic heterocycles. The van der Waals surface area contributed by atoms with Gasteiger partial charge in [-0.15, -0.1) is 11.8 Å². The number of hydrogen-bond acceptors (Lipinski definition) is 5. The molecule has 0 aliphatic carbocycles. The van der Waals surface area contributed by atoms with Crippen LogP contribution in [0.15, 0.2) is 48.5 Å². The molecule has 2 aromatic carbocycles. The van der Waals surface area contributed by atoms with E-state index >= 15 is 0 Å². The molecule has 5 rings (SSSR count). The van der Waals surface area contributed by atoms with Crippen LogP contribution in [0.4, 0.5) is 5.69 Å². The molecule has 3 aliphatic rings. The fraction of sp³-hybridized carbons (Fsp3) is 0.500. The molecule has 3 heterocycles. The number of rotatable bonds is 11. The number of para-hydroxylation sites is 1. The highest BCUT2D eigenvalue weighted by Gasteiger charge is 2.73. The van der Waals surface area contributed by atoms with E-state index in [1.807, 2.05) is 49.4 Å². The Hall–Kier alpha value is -2.55. The lowest BCUT2D eigenvalue weighted by Gasteiger charge is -2.34. The molecule has 3 aliphatic heterocycles. The summed E-state index contributed by atoms with van der Waals surface area (Å²) in [7, 11) is 0. The van der Waals surface area contributed by atoms with E-state index in [1.54, 1.807) is 22.7 Å². The fourth-order valence-corrected chi connectivity index (χ4v) is 9.12. The summed E-state index contributed by atoms with van der Waals surface area (Å²) < 4.78 is -0.638. The molecule has 0 radical (unpaired) electrons. The van der Waals surface area contributed by atoms with Crippen molar-refractivity contribution in [3.63, 3.8) is 0 Å². The minimum atomic E-state index is -0.676. The number of aliphatic hydroxyl groups excluding tert-OH is 1. The van der Waals surface area contributed by atoms with Crippen LogP contribution in [0.3, 0.4) is 0 Å². The van der Waals surface area contributed by atoms with E-state index in [0.717, 1.165) is 49.7 Å². The number of fused-ring (bicyclic) bond motifs is 1. The van der Waals surface area contributed by atoms with Crippen LogP contribution in [0, 0.1) is 18.8 Å². The lowest BCUT2D eigenvalue weighted by molar-refractivity contribution is -0.139. The topological polar surface area (TPSA) is 98.7 Å². The first kappa shape index (κ1) is 28.0. The normalized spacial score (nSPS) is 27.1. The van der Waals surface area contributed by atoms with Crippen molar-refractivity contribution >= 4 is 46.8 Å². The van der Waals surface area contributed by atoms with E-state index in [2.05, 4.69) is 10.6 Å². The largest absolute Gasteiger partial charge is 0.396 e. The summed E-state index contributed by atoms with van der Waals surface area (Å²) in [6.07, 6.45) is 4.71. The van der Waals surface area contributed by atoms with Crippen LogP contribution in [0.5, 0.6) is 0 Å². The number of carbonyl (C=O) groups excluding carboxylic acids is 3. The molecule has 1 spiro atoms. The number of benzene rings is 2. The van der Waals surface area contributed by atoms with Crippen molar-refractivity contribution < 1.29 is 19.5 Å². The molecule has 3 amide bonds. The van der Waals surface area contributed by atoms with Crippen LogP contribution in [0.25, 0.3) is 0 Å². The Morgan fingerprint density at radius 2 is 1.85 bits per heavy atom. The number of anilines is 1. The van der Waals surface area contributed by atoms with E-state index in [-0.39, 0.29) is 29.6 Å². The highest BCUT2D eigenvalue weighted by Crippen LogP contribution is 2.66. The Morgan fingerprint density at radius 3 is 2.59 bits per heavy atom. The van der Waals surface area contributed by atoms with Crippen LogP contribution >= 0.6 is 23.4 Å². The molecular weight excluding hydrogens is 534 g/mol. The van der Waals surface area contributed by atoms with Gasteiger partial charge in [0.1, 0.15) is 6.04 Å². The zero-order valence-corrected chi connectivity index (χ0v) is 23.8. The van der Waals surface area contributed by atoms with Crippen molar-refractivity contribution in [2.75, 3.05) is 18.5 Å². The SMILES string of the molecule is Cc1cccc(Cl)c1NC(=O)C1N(CCCCCCO)C(=O)[C@@H]2[C@H](C(=O)NCc3ccccc3)[C@@H]3CCC12S3. The minimum absolute atomic E-state index is 0.0128. The first-order valence-electron chi connectivity index (χ1n) is 13.8. The maximum absolute atomic E-state index is 14.1. The van der Waals surface area contributed by atoms with E-state index < -0.39 is 22.6 Å². The van der Waals surface area contributed by atoms with Crippen molar-refractivity contribution in [3.8, 4) is 0 Å². The number of unbranched alkanes of at least 4 members (excludes halogenated alkanes) is 3. The summed E-state index contributed by atoms with van der Waals surface area (Å²) in [4.78, 5) is 43.4. The summed E-state index contributed by atoms with van der Waals surface area (Å²) in [5.74, 6) is -1.44. The van der Waals surface area contributed by atoms with Gasteiger partial charge in [0, 0.05) is 24.9 Å². The Balaban J connectivity index is 1.40. The maximum Gasteiger partial charge on any atom is 0.248 e. The fourth-order valence-electron chi connectivity index (χ4n) is 6.63. The highest BCUT2D eigenvalue weighted by atomic mass is 35.5. The van der Waals surface area contributed by atoms with Crippen LogP contribution in [0.2, 0.25) is 5.02 Å². The molecule has 2 bridgehead atoms. The molecule has 208 valence electrons. The molecule has 2 unspecified atom stereocenters. The molecule has 0 saturated carbocycles. The van der Waals surface area contributed by atoms with Crippen molar-refractivity contribution in [1.82, 2.24) is 10.2 Å². The summed E-state index contributed by atoms with van der Waals surface area (Å²) in [6, 6.07) is 14.5. The molecule has 3 saturated heterocycles. The first-order chi connectivity index (χ1) is 18.9. The van der Waals surface area contributed by atoms with Gasteiger partial charge >= 0.3 is 0 Å². The first-order valence-corrected chi connectivity index (χ1v) is 15.1. The number of thioether (sulfide) groups is 1. The zero-order chi connectivity index (χ0) is 27.6. The van der Waals surface area contributed by atoms with Crippen molar-refractivity contribution in [3.05, 3.63) is 64.7 Å². The third kappa shape index (κ3) is 5.31. The third-order valence-corrected chi connectivity index (χ3v) is 10.7. The summed E-state index contributed by atoms with van der Waals surface area (Å²) >= 11 is 8.11. The van der Waals surface area contributed by atoms with Crippen LogP contribution in [0.1, 0.15) is 49.7 Å². The second-order valence-corrected chi connectivity index (χ2v) is 12.9. The summed E-state index contributed by atoms with van der Waals surface area (Å²) in [5, 5.41) is 15.7. The molecular formula is C30H36ClN3O4S. The van der Waals surface area contributed by atoms with Gasteiger partial charge in [-0.1, -0.05) is 66.9 Å². The van der Waals surface area contributed by atoms with Gasteiger partial charge < -0.3 is 20.6 Å². The number of carbonyl (C=O) groups is 3. The number of nitrogens with zero attached hydrogens (tertiary/aromatic N) is 1. The predicted octanol–water partition coefficient (Wildman–Crippen LogP) is 4.55. The average Bonchev–Trinajstić information content (AvgIpc) is 3.57. The van der Waals surface area contributed by atoms with Crippen molar-refractivity contribution in [1.29, 1.82) is 0 Å². The van der Waals surface area contributed by atoms with Gasteiger partial charge in [-0.05, 0) is 49.8 Å². The number of nitrogens with one attached hydrogen (secondary N) is 2. The van der Waals surface area contributed by atoms with Gasteiger partial charge in [0.25, 0.3) is 0 Å². The number of aliphatic hydroxyl groups is 1. The second kappa shape index (κ2) is 11.9. The number of amides is 3. The van der Waals surface area contributed by atoms with Crippen molar-refractivity contribution in [2.45, 2.75) is 68.0 Å². The minimum Gasteiger partial charge on any atom is -0.396 e.